The number of benzene rings is 2. The monoisotopic (exact) mass is 300 g/mol. The van der Waals surface area contributed by atoms with E-state index in [9.17, 15) is 15.0 Å². The molecule has 2 N–H and O–H groups in total. The summed E-state index contributed by atoms with van der Waals surface area (Å²) in [7, 11) is 0. The Hall–Kier alpha value is -1.75. The molecule has 3 aromatic rings. The predicted octanol–water partition coefficient (Wildman–Crippen LogP) is 3.52. The van der Waals surface area contributed by atoms with Gasteiger partial charge in [-0.25, -0.2) is 0 Å². The molecule has 0 saturated carbocycles. The zero-order chi connectivity index (χ0) is 15.1. The van der Waals surface area contributed by atoms with Gasteiger partial charge in [0.05, 0.1) is 12.2 Å². The molecular formula is C17H16O3S. The molecule has 4 heteroatoms. The maximum atomic E-state index is 12.7. The molecule has 2 aromatic carbocycles. The molecule has 0 saturated heterocycles. The zero-order valence-electron chi connectivity index (χ0n) is 11.8. The van der Waals surface area contributed by atoms with E-state index in [0.29, 0.717) is 21.9 Å². The van der Waals surface area contributed by atoms with Gasteiger partial charge in [0.2, 0.25) is 0 Å². The summed E-state index contributed by atoms with van der Waals surface area (Å²) in [5, 5.41) is 21.1. The molecule has 2 atom stereocenters. The molecule has 0 aliphatic rings. The summed E-state index contributed by atoms with van der Waals surface area (Å²) >= 11 is 1.50. The van der Waals surface area contributed by atoms with E-state index in [0.717, 1.165) is 9.40 Å². The zero-order valence-corrected chi connectivity index (χ0v) is 12.6. The van der Waals surface area contributed by atoms with Crippen LogP contribution in [0.2, 0.25) is 0 Å². The van der Waals surface area contributed by atoms with Crippen LogP contribution < -0.4 is 5.43 Å². The molecule has 0 bridgehead atoms. The van der Waals surface area contributed by atoms with E-state index in [1.807, 2.05) is 24.3 Å². The quantitative estimate of drug-likeness (QED) is 0.712. The van der Waals surface area contributed by atoms with Crippen LogP contribution in [-0.2, 0) is 0 Å². The summed E-state index contributed by atoms with van der Waals surface area (Å²) < 4.78 is 1.69. The van der Waals surface area contributed by atoms with Crippen LogP contribution in [0.15, 0.2) is 41.2 Å². The van der Waals surface area contributed by atoms with Crippen LogP contribution in [0.4, 0.5) is 0 Å². The van der Waals surface area contributed by atoms with Crippen molar-refractivity contribution in [3.8, 4) is 0 Å². The molecule has 0 spiro atoms. The van der Waals surface area contributed by atoms with Crippen LogP contribution in [0.1, 0.15) is 37.2 Å². The van der Waals surface area contributed by atoms with Crippen molar-refractivity contribution < 1.29 is 10.2 Å². The molecule has 0 amide bonds. The summed E-state index contributed by atoms with van der Waals surface area (Å²) in [6, 6.07) is 11.0. The first-order valence-electron chi connectivity index (χ1n) is 6.84. The van der Waals surface area contributed by atoms with Crippen molar-refractivity contribution in [2.24, 2.45) is 0 Å². The predicted molar refractivity (Wildman–Crippen MR) is 86.9 cm³/mol. The van der Waals surface area contributed by atoms with Gasteiger partial charge in [-0.15, -0.1) is 11.3 Å². The number of hydrogen-bond acceptors (Lipinski definition) is 4. The maximum absolute atomic E-state index is 12.7. The van der Waals surface area contributed by atoms with Crippen molar-refractivity contribution in [2.75, 3.05) is 0 Å². The van der Waals surface area contributed by atoms with Crippen molar-refractivity contribution in [2.45, 2.75) is 26.1 Å². The maximum Gasteiger partial charge on any atom is 0.195 e. The van der Waals surface area contributed by atoms with Gasteiger partial charge in [0, 0.05) is 20.2 Å². The largest absolute Gasteiger partial charge is 0.389 e. The first-order valence-corrected chi connectivity index (χ1v) is 7.66. The summed E-state index contributed by atoms with van der Waals surface area (Å²) in [6.45, 7) is 3.33. The fourth-order valence-corrected chi connectivity index (χ4v) is 3.75. The normalized spacial score (nSPS) is 14.5. The molecule has 0 aliphatic carbocycles. The lowest BCUT2D eigenvalue weighted by molar-refractivity contribution is 0.194. The van der Waals surface area contributed by atoms with E-state index < -0.39 is 12.2 Å². The highest BCUT2D eigenvalue weighted by Gasteiger charge is 2.15. The van der Waals surface area contributed by atoms with Gasteiger partial charge in [-0.1, -0.05) is 12.1 Å². The SMILES string of the molecule is CC(O)c1cc(C(C)O)c2sc3ccccc3c(=O)c2c1. The van der Waals surface area contributed by atoms with E-state index in [1.54, 1.807) is 26.0 Å². The number of rotatable bonds is 2. The molecule has 0 fully saturated rings. The van der Waals surface area contributed by atoms with Crippen LogP contribution in [0.25, 0.3) is 20.2 Å². The number of aliphatic hydroxyl groups excluding tert-OH is 2. The first-order chi connectivity index (χ1) is 9.99. The Bertz CT molecular complexity index is 878. The van der Waals surface area contributed by atoms with E-state index in [4.69, 9.17) is 0 Å². The average Bonchev–Trinajstić information content (AvgIpc) is 2.46. The second-order valence-electron chi connectivity index (χ2n) is 5.27. The Morgan fingerprint density at radius 2 is 1.71 bits per heavy atom. The lowest BCUT2D eigenvalue weighted by Crippen LogP contribution is -2.05. The van der Waals surface area contributed by atoms with Crippen LogP contribution in [0.5, 0.6) is 0 Å². The van der Waals surface area contributed by atoms with Crippen LogP contribution in [0, 0.1) is 0 Å². The molecule has 2 unspecified atom stereocenters. The fourth-order valence-electron chi connectivity index (χ4n) is 2.51. The van der Waals surface area contributed by atoms with Gasteiger partial charge in [0.15, 0.2) is 5.43 Å². The van der Waals surface area contributed by atoms with E-state index >= 15 is 0 Å². The van der Waals surface area contributed by atoms with Gasteiger partial charge in [-0.05, 0) is 49.2 Å². The van der Waals surface area contributed by atoms with Crippen molar-refractivity contribution in [1.82, 2.24) is 0 Å². The van der Waals surface area contributed by atoms with Crippen molar-refractivity contribution in [3.05, 3.63) is 57.7 Å². The number of fused-ring (bicyclic) bond motifs is 2. The van der Waals surface area contributed by atoms with Gasteiger partial charge < -0.3 is 10.2 Å². The number of hydrogen-bond donors (Lipinski definition) is 2. The Balaban J connectivity index is 2.52. The summed E-state index contributed by atoms with van der Waals surface area (Å²) in [6.07, 6.45) is -1.37. The summed E-state index contributed by atoms with van der Waals surface area (Å²) in [5.74, 6) is 0. The standard InChI is InChI=1S/C17H16O3S/c1-9(18)11-7-13(10(2)19)17-14(8-11)16(20)12-5-3-4-6-15(12)21-17/h3-10,18-19H,1-2H3. The lowest BCUT2D eigenvalue weighted by atomic mass is 10.0. The first kappa shape index (κ1) is 14.2. The van der Waals surface area contributed by atoms with E-state index in [2.05, 4.69) is 0 Å². The third kappa shape index (κ3) is 2.35. The highest BCUT2D eigenvalue weighted by Crippen LogP contribution is 2.33. The van der Waals surface area contributed by atoms with Gasteiger partial charge in [0.25, 0.3) is 0 Å². The summed E-state index contributed by atoms with van der Waals surface area (Å²) in [4.78, 5) is 12.7. The second kappa shape index (κ2) is 5.22. The van der Waals surface area contributed by atoms with Gasteiger partial charge in [0.1, 0.15) is 0 Å². The van der Waals surface area contributed by atoms with Crippen LogP contribution in [-0.4, -0.2) is 10.2 Å². The van der Waals surface area contributed by atoms with Crippen LogP contribution in [0.3, 0.4) is 0 Å². The smallest absolute Gasteiger partial charge is 0.195 e. The van der Waals surface area contributed by atoms with Crippen LogP contribution >= 0.6 is 11.3 Å². The molecule has 0 aliphatic heterocycles. The molecular weight excluding hydrogens is 284 g/mol. The molecule has 3 rings (SSSR count). The van der Waals surface area contributed by atoms with Crippen molar-refractivity contribution in [1.29, 1.82) is 0 Å². The Morgan fingerprint density at radius 1 is 1.00 bits per heavy atom. The third-order valence-corrected chi connectivity index (χ3v) is 4.90. The Kier molecular flexibility index (Phi) is 3.53. The Morgan fingerprint density at radius 3 is 2.38 bits per heavy atom. The van der Waals surface area contributed by atoms with Gasteiger partial charge in [-0.2, -0.15) is 0 Å². The topological polar surface area (TPSA) is 57.5 Å². The summed E-state index contributed by atoms with van der Waals surface area (Å²) in [5.41, 5.74) is 1.29. The van der Waals surface area contributed by atoms with Crippen molar-refractivity contribution in [3.63, 3.8) is 0 Å². The second-order valence-corrected chi connectivity index (χ2v) is 6.32. The lowest BCUT2D eigenvalue weighted by Gasteiger charge is -2.14. The van der Waals surface area contributed by atoms with E-state index in [-0.39, 0.29) is 5.43 Å². The molecule has 108 valence electrons. The molecule has 1 aromatic heterocycles. The van der Waals surface area contributed by atoms with Gasteiger partial charge >= 0.3 is 0 Å². The highest BCUT2D eigenvalue weighted by molar-refractivity contribution is 7.24. The minimum atomic E-state index is -0.692. The van der Waals surface area contributed by atoms with Crippen molar-refractivity contribution >= 4 is 31.5 Å². The molecule has 21 heavy (non-hydrogen) atoms. The number of aliphatic hydroxyl groups is 2. The fraction of sp³-hybridized carbons (Fsp3) is 0.235. The Labute approximate surface area is 126 Å². The average molecular weight is 300 g/mol. The van der Waals surface area contributed by atoms with E-state index in [1.165, 1.54) is 11.3 Å². The van der Waals surface area contributed by atoms with Gasteiger partial charge in [-0.3, -0.25) is 4.79 Å². The third-order valence-electron chi connectivity index (χ3n) is 3.66. The minimum absolute atomic E-state index is 0.0521. The molecule has 3 nitrogen and oxygen atoms in total. The minimum Gasteiger partial charge on any atom is -0.389 e. The molecule has 1 heterocycles. The molecule has 0 radical (unpaired) electrons. The highest BCUT2D eigenvalue weighted by atomic mass is 32.1.